The van der Waals surface area contributed by atoms with Crippen molar-refractivity contribution in [2.75, 3.05) is 19.7 Å². The molecule has 0 amide bonds. The zero-order valence-electron chi connectivity index (χ0n) is 16.2. The fraction of sp³-hybridized carbons (Fsp3) is 0.429. The van der Waals surface area contributed by atoms with Gasteiger partial charge in [-0.3, -0.25) is 9.69 Å². The number of aryl methyl sites for hydroxylation is 2. The summed E-state index contributed by atoms with van der Waals surface area (Å²) in [6.07, 6.45) is 5.81. The molecular weight excluding hydrogens is 390 g/mol. The third-order valence-electron chi connectivity index (χ3n) is 4.99. The number of aliphatic hydroxyl groups is 1. The van der Waals surface area contributed by atoms with Crippen molar-refractivity contribution in [2.45, 2.75) is 38.5 Å². The molecule has 0 bridgehead atoms. The Labute approximate surface area is 172 Å². The number of hydrogen-bond acceptors (Lipinski definition) is 7. The molecule has 1 aliphatic rings. The van der Waals surface area contributed by atoms with Crippen molar-refractivity contribution < 1.29 is 14.3 Å². The standard InChI is InChI=1S/C21H25N3O4S/c1-2-8-24(10-14(25)12-27-13-15-5-4-9-28-15)11-18-22-20(26)19-16-6-3-7-17(16)29-21(19)23-18/h2,4-5,9,14,25H,1,3,6-8,10-13H2,(H,22,23,26)/t14-/m1/s1. The summed E-state index contributed by atoms with van der Waals surface area (Å²) in [4.78, 5) is 24.3. The lowest BCUT2D eigenvalue weighted by molar-refractivity contribution is 0.00528. The molecule has 154 valence electrons. The third kappa shape index (κ3) is 4.67. The first-order valence-corrected chi connectivity index (χ1v) is 10.6. The van der Waals surface area contributed by atoms with Crippen LogP contribution < -0.4 is 5.56 Å². The van der Waals surface area contributed by atoms with Crippen molar-refractivity contribution in [1.29, 1.82) is 0 Å². The summed E-state index contributed by atoms with van der Waals surface area (Å²) in [6, 6.07) is 3.63. The van der Waals surface area contributed by atoms with Gasteiger partial charge >= 0.3 is 0 Å². The molecule has 0 aliphatic heterocycles. The van der Waals surface area contributed by atoms with E-state index in [0.717, 1.165) is 35.2 Å². The highest BCUT2D eigenvalue weighted by Crippen LogP contribution is 2.34. The van der Waals surface area contributed by atoms with E-state index in [4.69, 9.17) is 9.15 Å². The summed E-state index contributed by atoms with van der Waals surface area (Å²) in [5, 5.41) is 11.1. The Kier molecular flexibility index (Phi) is 6.25. The minimum absolute atomic E-state index is 0.0646. The summed E-state index contributed by atoms with van der Waals surface area (Å²) in [7, 11) is 0. The molecule has 0 unspecified atom stereocenters. The van der Waals surface area contributed by atoms with E-state index in [1.807, 2.05) is 11.0 Å². The van der Waals surface area contributed by atoms with Crippen molar-refractivity contribution >= 4 is 21.6 Å². The van der Waals surface area contributed by atoms with Crippen LogP contribution in [0.25, 0.3) is 10.2 Å². The number of thiophene rings is 1. The third-order valence-corrected chi connectivity index (χ3v) is 6.17. The summed E-state index contributed by atoms with van der Waals surface area (Å²) < 4.78 is 10.7. The number of fused-ring (bicyclic) bond motifs is 3. The molecule has 3 heterocycles. The number of aromatic nitrogens is 2. The highest BCUT2D eigenvalue weighted by molar-refractivity contribution is 7.18. The molecule has 3 aromatic rings. The van der Waals surface area contributed by atoms with E-state index in [9.17, 15) is 9.90 Å². The van der Waals surface area contributed by atoms with Gasteiger partial charge in [0.15, 0.2) is 0 Å². The average molecular weight is 416 g/mol. The van der Waals surface area contributed by atoms with Crippen molar-refractivity contribution in [1.82, 2.24) is 14.9 Å². The lowest BCUT2D eigenvalue weighted by Crippen LogP contribution is -2.35. The van der Waals surface area contributed by atoms with Gasteiger partial charge in [0.2, 0.25) is 0 Å². The second-order valence-corrected chi connectivity index (χ2v) is 8.36. The van der Waals surface area contributed by atoms with Crippen LogP contribution in [0.5, 0.6) is 0 Å². The Morgan fingerprint density at radius 1 is 1.48 bits per heavy atom. The maximum atomic E-state index is 12.6. The number of ether oxygens (including phenoxy) is 1. The molecule has 3 aromatic heterocycles. The minimum atomic E-state index is -0.675. The quantitative estimate of drug-likeness (QED) is 0.495. The molecule has 8 heteroatoms. The van der Waals surface area contributed by atoms with Crippen molar-refractivity contribution in [2.24, 2.45) is 0 Å². The lowest BCUT2D eigenvalue weighted by atomic mass is 10.2. The molecule has 29 heavy (non-hydrogen) atoms. The van der Waals surface area contributed by atoms with E-state index in [1.165, 1.54) is 10.4 Å². The Bertz CT molecular complexity index is 1020. The van der Waals surface area contributed by atoms with E-state index in [2.05, 4.69) is 16.5 Å². The number of H-pyrrole nitrogens is 1. The number of aromatic amines is 1. The van der Waals surface area contributed by atoms with Crippen LogP contribution in [0.15, 0.2) is 40.3 Å². The maximum absolute atomic E-state index is 12.6. The van der Waals surface area contributed by atoms with E-state index in [-0.39, 0.29) is 12.2 Å². The minimum Gasteiger partial charge on any atom is -0.467 e. The number of nitrogens with one attached hydrogen (secondary N) is 1. The molecule has 0 saturated carbocycles. The molecule has 4 rings (SSSR count). The largest absolute Gasteiger partial charge is 0.467 e. The number of aliphatic hydroxyl groups excluding tert-OH is 1. The Morgan fingerprint density at radius 2 is 2.38 bits per heavy atom. The molecule has 1 atom stereocenters. The molecule has 0 fully saturated rings. The summed E-state index contributed by atoms with van der Waals surface area (Å²) >= 11 is 1.63. The molecule has 1 aliphatic carbocycles. The van der Waals surface area contributed by atoms with E-state index >= 15 is 0 Å². The van der Waals surface area contributed by atoms with Gasteiger partial charge in [0.05, 0.1) is 30.9 Å². The Hall–Kier alpha value is -2.26. The van der Waals surface area contributed by atoms with Gasteiger partial charge in [0.1, 0.15) is 23.0 Å². The van der Waals surface area contributed by atoms with E-state index in [1.54, 1.807) is 29.7 Å². The number of hydrogen-bond donors (Lipinski definition) is 2. The predicted molar refractivity (Wildman–Crippen MR) is 112 cm³/mol. The molecule has 7 nitrogen and oxygen atoms in total. The van der Waals surface area contributed by atoms with Gasteiger partial charge in [-0.05, 0) is 37.0 Å². The predicted octanol–water partition coefficient (Wildman–Crippen LogP) is 2.63. The Balaban J connectivity index is 1.39. The number of furan rings is 1. The average Bonchev–Trinajstić information content (AvgIpc) is 3.38. The number of nitrogens with zero attached hydrogens (tertiary/aromatic N) is 2. The molecular formula is C21H25N3O4S. The van der Waals surface area contributed by atoms with Crippen LogP contribution in [0.4, 0.5) is 0 Å². The molecule has 0 spiro atoms. The summed E-state index contributed by atoms with van der Waals surface area (Å²) in [5.74, 6) is 1.33. The topological polar surface area (TPSA) is 91.6 Å². The van der Waals surface area contributed by atoms with Crippen LogP contribution in [0.3, 0.4) is 0 Å². The first-order valence-electron chi connectivity index (χ1n) is 9.79. The van der Waals surface area contributed by atoms with Crippen molar-refractivity contribution in [3.63, 3.8) is 0 Å². The molecule has 0 radical (unpaired) electrons. The van der Waals surface area contributed by atoms with Crippen LogP contribution in [0, 0.1) is 0 Å². The Morgan fingerprint density at radius 3 is 3.17 bits per heavy atom. The van der Waals surface area contributed by atoms with Crippen LogP contribution in [-0.4, -0.2) is 45.8 Å². The van der Waals surface area contributed by atoms with E-state index in [0.29, 0.717) is 32.1 Å². The lowest BCUT2D eigenvalue weighted by Gasteiger charge is -2.23. The van der Waals surface area contributed by atoms with Gasteiger partial charge in [-0.2, -0.15) is 0 Å². The first kappa shape index (κ1) is 20.0. The zero-order chi connectivity index (χ0) is 20.2. The fourth-order valence-electron chi connectivity index (χ4n) is 3.76. The molecule has 0 saturated heterocycles. The van der Waals surface area contributed by atoms with E-state index < -0.39 is 6.10 Å². The van der Waals surface area contributed by atoms with Gasteiger partial charge < -0.3 is 19.2 Å². The highest BCUT2D eigenvalue weighted by Gasteiger charge is 2.21. The van der Waals surface area contributed by atoms with Gasteiger partial charge in [0.25, 0.3) is 5.56 Å². The number of rotatable bonds is 10. The van der Waals surface area contributed by atoms with Crippen LogP contribution in [0.1, 0.15) is 28.4 Å². The molecule has 2 N–H and O–H groups in total. The van der Waals surface area contributed by atoms with Crippen LogP contribution in [0.2, 0.25) is 0 Å². The fourth-order valence-corrected chi connectivity index (χ4v) is 5.04. The van der Waals surface area contributed by atoms with Gasteiger partial charge in [-0.1, -0.05) is 6.08 Å². The smallest absolute Gasteiger partial charge is 0.259 e. The summed E-state index contributed by atoms with van der Waals surface area (Å²) in [6.45, 7) is 5.67. The SMILES string of the molecule is C=CCN(Cc1nc2sc3c(c2c(=O)[nH]1)CCC3)C[C@@H](O)COCc1ccco1. The van der Waals surface area contributed by atoms with Crippen LogP contribution in [-0.2, 0) is 30.7 Å². The van der Waals surface area contributed by atoms with Crippen molar-refractivity contribution in [3.8, 4) is 0 Å². The normalized spacial score (nSPS) is 14.6. The van der Waals surface area contributed by atoms with Gasteiger partial charge in [0, 0.05) is 18.0 Å². The highest BCUT2D eigenvalue weighted by atomic mass is 32.1. The molecule has 0 aromatic carbocycles. The van der Waals surface area contributed by atoms with Crippen LogP contribution >= 0.6 is 11.3 Å². The monoisotopic (exact) mass is 415 g/mol. The zero-order valence-corrected chi connectivity index (χ0v) is 17.0. The second kappa shape index (κ2) is 9.04. The van der Waals surface area contributed by atoms with Gasteiger partial charge in [-0.25, -0.2) is 4.98 Å². The van der Waals surface area contributed by atoms with Crippen molar-refractivity contribution in [3.05, 3.63) is 63.4 Å². The maximum Gasteiger partial charge on any atom is 0.259 e. The first-order chi connectivity index (χ1) is 14.1. The van der Waals surface area contributed by atoms with Gasteiger partial charge in [-0.15, -0.1) is 17.9 Å². The summed E-state index contributed by atoms with van der Waals surface area (Å²) in [5.41, 5.74) is 1.11. The second-order valence-electron chi connectivity index (χ2n) is 7.28.